The third-order valence-corrected chi connectivity index (χ3v) is 3.26. The summed E-state index contributed by atoms with van der Waals surface area (Å²) in [7, 11) is 0. The van der Waals surface area contributed by atoms with E-state index in [-0.39, 0.29) is 16.9 Å². The summed E-state index contributed by atoms with van der Waals surface area (Å²) < 4.78 is 5.61. The minimum Gasteiger partial charge on any atom is -0.490 e. The molecule has 7 nitrogen and oxygen atoms in total. The van der Waals surface area contributed by atoms with Gasteiger partial charge in [0, 0.05) is 17.8 Å². The molecule has 1 amide bonds. The summed E-state index contributed by atoms with van der Waals surface area (Å²) >= 11 is 5.11. The number of non-ortho nitro benzene ring substituents is 1. The van der Waals surface area contributed by atoms with Crippen LogP contribution >= 0.6 is 12.2 Å². The number of nitro groups is 1. The van der Waals surface area contributed by atoms with E-state index in [2.05, 4.69) is 10.6 Å². The first-order valence-corrected chi connectivity index (χ1v) is 7.90. The molecule has 0 aliphatic rings. The van der Waals surface area contributed by atoms with Crippen LogP contribution in [0.25, 0.3) is 0 Å². The summed E-state index contributed by atoms with van der Waals surface area (Å²) in [6.45, 7) is 3.74. The van der Waals surface area contributed by atoms with Crippen molar-refractivity contribution in [3.63, 3.8) is 0 Å². The van der Waals surface area contributed by atoms with Gasteiger partial charge in [0.2, 0.25) is 0 Å². The smallest absolute Gasteiger partial charge is 0.269 e. The van der Waals surface area contributed by atoms with E-state index in [0.717, 1.165) is 0 Å². The van der Waals surface area contributed by atoms with Crippen molar-refractivity contribution in [2.24, 2.45) is 0 Å². The van der Waals surface area contributed by atoms with Crippen molar-refractivity contribution in [3.05, 3.63) is 64.2 Å². The number of benzene rings is 2. The second-order valence-electron chi connectivity index (χ2n) is 5.37. The molecule has 0 fully saturated rings. The summed E-state index contributed by atoms with van der Waals surface area (Å²) in [5, 5.41) is 16.1. The van der Waals surface area contributed by atoms with Gasteiger partial charge in [-0.25, -0.2) is 0 Å². The third kappa shape index (κ3) is 5.25. The number of nitro benzene ring substituents is 1. The molecule has 8 heteroatoms. The number of amides is 1. The van der Waals surface area contributed by atoms with Gasteiger partial charge in [-0.3, -0.25) is 20.2 Å². The van der Waals surface area contributed by atoms with Gasteiger partial charge < -0.3 is 10.1 Å². The first kappa shape index (κ1) is 18.3. The van der Waals surface area contributed by atoms with E-state index in [9.17, 15) is 14.9 Å². The van der Waals surface area contributed by atoms with Gasteiger partial charge in [-0.15, -0.1) is 0 Å². The fourth-order valence-electron chi connectivity index (χ4n) is 2.01. The first-order chi connectivity index (χ1) is 11.9. The Labute approximate surface area is 150 Å². The van der Waals surface area contributed by atoms with E-state index in [0.29, 0.717) is 17.0 Å². The predicted molar refractivity (Wildman–Crippen MR) is 99.0 cm³/mol. The zero-order valence-electron chi connectivity index (χ0n) is 13.7. The van der Waals surface area contributed by atoms with Gasteiger partial charge in [-0.05, 0) is 50.3 Å². The van der Waals surface area contributed by atoms with Crippen molar-refractivity contribution in [3.8, 4) is 5.75 Å². The Hall–Kier alpha value is -3.00. The average Bonchev–Trinajstić information content (AvgIpc) is 2.55. The highest BCUT2D eigenvalue weighted by Gasteiger charge is 2.14. The Morgan fingerprint density at radius 1 is 1.16 bits per heavy atom. The second kappa shape index (κ2) is 8.20. The normalized spacial score (nSPS) is 10.2. The number of ether oxygens (including phenoxy) is 1. The quantitative estimate of drug-likeness (QED) is 0.482. The van der Waals surface area contributed by atoms with Crippen LogP contribution in [-0.4, -0.2) is 22.0 Å². The molecule has 0 heterocycles. The molecular formula is C17H17N3O4S. The Morgan fingerprint density at radius 3 is 2.40 bits per heavy atom. The molecule has 0 unspecified atom stereocenters. The zero-order chi connectivity index (χ0) is 18.4. The van der Waals surface area contributed by atoms with Gasteiger partial charge in [-0.1, -0.05) is 12.1 Å². The van der Waals surface area contributed by atoms with Crippen molar-refractivity contribution >= 4 is 34.6 Å². The molecule has 2 aromatic rings. The molecule has 0 atom stereocenters. The van der Waals surface area contributed by atoms with Crippen LogP contribution in [0.1, 0.15) is 24.2 Å². The second-order valence-corrected chi connectivity index (χ2v) is 5.78. The van der Waals surface area contributed by atoms with Gasteiger partial charge in [0.05, 0.1) is 16.6 Å². The molecule has 2 N–H and O–H groups in total. The van der Waals surface area contributed by atoms with E-state index >= 15 is 0 Å². The molecule has 0 bridgehead atoms. The lowest BCUT2D eigenvalue weighted by Gasteiger charge is -2.14. The van der Waals surface area contributed by atoms with Gasteiger partial charge >= 0.3 is 0 Å². The van der Waals surface area contributed by atoms with Gasteiger partial charge in [0.1, 0.15) is 5.75 Å². The lowest BCUT2D eigenvalue weighted by molar-refractivity contribution is -0.384. The highest BCUT2D eigenvalue weighted by molar-refractivity contribution is 7.80. The number of rotatable bonds is 5. The van der Waals surface area contributed by atoms with Crippen molar-refractivity contribution in [2.75, 3.05) is 5.32 Å². The molecule has 2 rings (SSSR count). The fourth-order valence-corrected chi connectivity index (χ4v) is 2.22. The number of carbonyl (C=O) groups is 1. The Balaban J connectivity index is 2.03. The van der Waals surface area contributed by atoms with Crippen LogP contribution in [0.5, 0.6) is 5.75 Å². The van der Waals surface area contributed by atoms with Crippen molar-refractivity contribution in [1.29, 1.82) is 0 Å². The first-order valence-electron chi connectivity index (χ1n) is 7.49. The molecule has 130 valence electrons. The number of hydrogen-bond donors (Lipinski definition) is 2. The van der Waals surface area contributed by atoms with Gasteiger partial charge in [0.25, 0.3) is 11.6 Å². The number of thiocarbonyl (C=S) groups is 1. The van der Waals surface area contributed by atoms with Crippen LogP contribution in [0.15, 0.2) is 48.5 Å². The number of hydrogen-bond acceptors (Lipinski definition) is 5. The minimum absolute atomic E-state index is 0.0275. The Kier molecular flexibility index (Phi) is 6.02. The fraction of sp³-hybridized carbons (Fsp3) is 0.176. The van der Waals surface area contributed by atoms with Crippen molar-refractivity contribution in [1.82, 2.24) is 5.32 Å². The van der Waals surface area contributed by atoms with E-state index in [1.54, 1.807) is 24.3 Å². The highest BCUT2D eigenvalue weighted by atomic mass is 32.1. The molecule has 0 aliphatic heterocycles. The van der Waals surface area contributed by atoms with Crippen LogP contribution in [0.2, 0.25) is 0 Å². The van der Waals surface area contributed by atoms with Crippen LogP contribution in [0.3, 0.4) is 0 Å². The standard InChI is InChI=1S/C17H17N3O4S/c1-11(2)24-15-6-4-3-5-14(15)16(21)19-17(25)18-12-7-9-13(10-8-12)20(22)23/h3-11H,1-2H3,(H2,18,19,21,25). The average molecular weight is 359 g/mol. The van der Waals surface area contributed by atoms with Crippen LogP contribution in [-0.2, 0) is 0 Å². The SMILES string of the molecule is CC(C)Oc1ccccc1C(=O)NC(=S)Nc1ccc([N+](=O)[O-])cc1. The maximum Gasteiger partial charge on any atom is 0.269 e. The van der Waals surface area contributed by atoms with Crippen LogP contribution in [0, 0.1) is 10.1 Å². The van der Waals surface area contributed by atoms with Crippen LogP contribution in [0.4, 0.5) is 11.4 Å². The lowest BCUT2D eigenvalue weighted by Crippen LogP contribution is -2.34. The van der Waals surface area contributed by atoms with Gasteiger partial charge in [0.15, 0.2) is 5.11 Å². The van der Waals surface area contributed by atoms with E-state index < -0.39 is 10.8 Å². The maximum atomic E-state index is 12.4. The van der Waals surface area contributed by atoms with E-state index in [1.165, 1.54) is 24.3 Å². The molecule has 0 aromatic heterocycles. The molecule has 0 spiro atoms. The molecule has 0 aliphatic carbocycles. The molecule has 0 radical (unpaired) electrons. The molecule has 0 saturated heterocycles. The summed E-state index contributed by atoms with van der Waals surface area (Å²) in [5.41, 5.74) is 0.868. The van der Waals surface area contributed by atoms with E-state index in [1.807, 2.05) is 13.8 Å². The Morgan fingerprint density at radius 2 is 1.80 bits per heavy atom. The highest BCUT2D eigenvalue weighted by Crippen LogP contribution is 2.19. The molecule has 0 saturated carbocycles. The van der Waals surface area contributed by atoms with Crippen LogP contribution < -0.4 is 15.4 Å². The Bertz CT molecular complexity index is 791. The maximum absolute atomic E-state index is 12.4. The monoisotopic (exact) mass is 359 g/mol. The number of anilines is 1. The zero-order valence-corrected chi connectivity index (χ0v) is 14.5. The lowest BCUT2D eigenvalue weighted by atomic mass is 10.2. The number of carbonyl (C=O) groups excluding carboxylic acids is 1. The largest absolute Gasteiger partial charge is 0.490 e. The van der Waals surface area contributed by atoms with Crippen molar-refractivity contribution < 1.29 is 14.5 Å². The topological polar surface area (TPSA) is 93.5 Å². The molecule has 2 aromatic carbocycles. The molecular weight excluding hydrogens is 342 g/mol. The number of nitrogens with one attached hydrogen (secondary N) is 2. The summed E-state index contributed by atoms with van der Waals surface area (Å²) in [6.07, 6.45) is -0.0702. The van der Waals surface area contributed by atoms with Gasteiger partial charge in [-0.2, -0.15) is 0 Å². The summed E-state index contributed by atoms with van der Waals surface area (Å²) in [6, 6.07) is 12.6. The van der Waals surface area contributed by atoms with E-state index in [4.69, 9.17) is 17.0 Å². The number of nitrogens with zero attached hydrogens (tertiary/aromatic N) is 1. The summed E-state index contributed by atoms with van der Waals surface area (Å²) in [5.74, 6) is 0.0591. The third-order valence-electron chi connectivity index (χ3n) is 3.06. The number of para-hydroxylation sites is 1. The summed E-state index contributed by atoms with van der Waals surface area (Å²) in [4.78, 5) is 22.5. The molecule has 25 heavy (non-hydrogen) atoms. The predicted octanol–water partition coefficient (Wildman–Crippen LogP) is 3.51. The minimum atomic E-state index is -0.491. The van der Waals surface area contributed by atoms with Crippen molar-refractivity contribution in [2.45, 2.75) is 20.0 Å².